The van der Waals surface area contributed by atoms with Gasteiger partial charge in [0.15, 0.2) is 17.2 Å². The summed E-state index contributed by atoms with van der Waals surface area (Å²) >= 11 is 1.81. The van der Waals surface area contributed by atoms with Crippen LogP contribution in [0.15, 0.2) is 24.3 Å². The largest absolute Gasteiger partial charge is 0.477 e. The van der Waals surface area contributed by atoms with Crippen molar-refractivity contribution in [1.29, 1.82) is 0 Å². The smallest absolute Gasteiger partial charge is 0.345 e. The monoisotopic (exact) mass is 438 g/mol. The molecule has 0 radical (unpaired) electrons. The van der Waals surface area contributed by atoms with Crippen LogP contribution in [0.4, 0.5) is 30.2 Å². The SMILES string of the molecule is O=C(O)c1c([N+](=O)[O-])cc(F)c(F)c1Nc1ccc(I)cc1F. The number of nitrogens with one attached hydrogen (secondary N) is 1. The number of hydrogen-bond acceptors (Lipinski definition) is 4. The van der Waals surface area contributed by atoms with Gasteiger partial charge in [0, 0.05) is 3.57 Å². The Bertz CT molecular complexity index is 829. The molecule has 0 saturated heterocycles. The van der Waals surface area contributed by atoms with E-state index >= 15 is 0 Å². The summed E-state index contributed by atoms with van der Waals surface area (Å²) in [6, 6.07) is 3.82. The number of nitro groups is 1. The van der Waals surface area contributed by atoms with Gasteiger partial charge in [0.1, 0.15) is 5.82 Å². The van der Waals surface area contributed by atoms with Gasteiger partial charge in [-0.15, -0.1) is 0 Å². The standard InChI is InChI=1S/C13H6F3IN2O4/c14-6-3-5(17)1-2-8(6)18-12-10(13(20)21)9(19(22)23)4-7(15)11(12)16/h1-4,18H,(H,20,21). The maximum Gasteiger partial charge on any atom is 0.345 e. The third-order valence-electron chi connectivity index (χ3n) is 2.80. The van der Waals surface area contributed by atoms with Gasteiger partial charge in [0.05, 0.1) is 22.4 Å². The highest BCUT2D eigenvalue weighted by Gasteiger charge is 2.30. The van der Waals surface area contributed by atoms with Crippen LogP contribution in [0, 0.1) is 31.1 Å². The average molecular weight is 438 g/mol. The second-order valence-corrected chi connectivity index (χ2v) is 5.50. The molecule has 6 nitrogen and oxygen atoms in total. The first-order valence-corrected chi connectivity index (χ1v) is 6.92. The first-order chi connectivity index (χ1) is 10.7. The van der Waals surface area contributed by atoms with Crippen molar-refractivity contribution < 1.29 is 28.0 Å². The van der Waals surface area contributed by atoms with Crippen LogP contribution in [0.2, 0.25) is 0 Å². The molecule has 0 amide bonds. The lowest BCUT2D eigenvalue weighted by Crippen LogP contribution is -2.11. The molecule has 0 aliphatic heterocycles. The van der Waals surface area contributed by atoms with E-state index < -0.39 is 45.3 Å². The van der Waals surface area contributed by atoms with Crippen molar-refractivity contribution in [3.63, 3.8) is 0 Å². The number of carboxylic acid groups (broad SMARTS) is 1. The van der Waals surface area contributed by atoms with E-state index in [1.54, 1.807) is 0 Å². The van der Waals surface area contributed by atoms with Crippen molar-refractivity contribution in [1.82, 2.24) is 0 Å². The summed E-state index contributed by atoms with van der Waals surface area (Å²) in [5, 5.41) is 22.0. The van der Waals surface area contributed by atoms with Crippen LogP contribution >= 0.6 is 22.6 Å². The van der Waals surface area contributed by atoms with Gasteiger partial charge in [0.25, 0.3) is 5.69 Å². The van der Waals surface area contributed by atoms with Crippen molar-refractivity contribution >= 4 is 45.6 Å². The van der Waals surface area contributed by atoms with Crippen molar-refractivity contribution in [2.75, 3.05) is 5.32 Å². The number of carboxylic acids is 1. The Hall–Kier alpha value is -2.37. The number of nitrogens with zero attached hydrogens (tertiary/aromatic N) is 1. The first-order valence-electron chi connectivity index (χ1n) is 5.84. The van der Waals surface area contributed by atoms with Crippen LogP contribution in [0.25, 0.3) is 0 Å². The highest BCUT2D eigenvalue weighted by molar-refractivity contribution is 14.1. The lowest BCUT2D eigenvalue weighted by Gasteiger charge is -2.12. The minimum Gasteiger partial charge on any atom is -0.477 e. The van der Waals surface area contributed by atoms with E-state index in [1.807, 2.05) is 22.6 Å². The Morgan fingerprint density at radius 3 is 2.39 bits per heavy atom. The van der Waals surface area contributed by atoms with Gasteiger partial charge in [-0.1, -0.05) is 0 Å². The number of carbonyl (C=O) groups is 1. The quantitative estimate of drug-likeness (QED) is 0.427. The molecule has 0 aliphatic carbocycles. The fourth-order valence-electron chi connectivity index (χ4n) is 1.82. The van der Waals surface area contributed by atoms with Crippen LogP contribution in [0.5, 0.6) is 0 Å². The minimum atomic E-state index is -1.86. The first kappa shape index (κ1) is 17.0. The van der Waals surface area contributed by atoms with E-state index in [-0.39, 0.29) is 11.8 Å². The number of halogens is 4. The Balaban J connectivity index is 2.69. The van der Waals surface area contributed by atoms with Crippen LogP contribution in [-0.2, 0) is 0 Å². The number of aromatic carboxylic acids is 1. The fourth-order valence-corrected chi connectivity index (χ4v) is 2.27. The van der Waals surface area contributed by atoms with E-state index in [1.165, 1.54) is 12.1 Å². The summed E-state index contributed by atoms with van der Waals surface area (Å²) in [5.41, 5.74) is -3.63. The predicted octanol–water partition coefficient (Wildman–Crippen LogP) is 4.06. The fraction of sp³-hybridized carbons (Fsp3) is 0. The third kappa shape index (κ3) is 3.36. The normalized spacial score (nSPS) is 10.4. The Labute approximate surface area is 140 Å². The Kier molecular flexibility index (Phi) is 4.73. The van der Waals surface area contributed by atoms with Gasteiger partial charge in [-0.3, -0.25) is 10.1 Å². The number of rotatable bonds is 4. The zero-order valence-electron chi connectivity index (χ0n) is 10.9. The molecule has 10 heteroatoms. The van der Waals surface area contributed by atoms with Crippen molar-refractivity contribution in [3.05, 3.63) is 61.0 Å². The lowest BCUT2D eigenvalue weighted by atomic mass is 10.1. The molecule has 120 valence electrons. The predicted molar refractivity (Wildman–Crippen MR) is 82.4 cm³/mol. The van der Waals surface area contributed by atoms with Crippen LogP contribution in [-0.4, -0.2) is 16.0 Å². The molecule has 23 heavy (non-hydrogen) atoms. The molecule has 0 saturated carbocycles. The van der Waals surface area contributed by atoms with E-state index in [0.717, 1.165) is 6.07 Å². The molecule has 2 aromatic carbocycles. The summed E-state index contributed by atoms with van der Waals surface area (Å²) in [6.45, 7) is 0. The minimum absolute atomic E-state index is 0.161. The second-order valence-electron chi connectivity index (χ2n) is 4.25. The number of nitro benzene ring substituents is 1. The van der Waals surface area contributed by atoms with Crippen LogP contribution in [0.1, 0.15) is 10.4 Å². The number of benzene rings is 2. The van der Waals surface area contributed by atoms with E-state index in [2.05, 4.69) is 5.32 Å². The Morgan fingerprint density at radius 1 is 1.22 bits per heavy atom. The van der Waals surface area contributed by atoms with Crippen molar-refractivity contribution in [2.45, 2.75) is 0 Å². The third-order valence-corrected chi connectivity index (χ3v) is 3.47. The molecular formula is C13H6F3IN2O4. The molecule has 0 aromatic heterocycles. The average Bonchev–Trinajstić information content (AvgIpc) is 2.45. The summed E-state index contributed by atoms with van der Waals surface area (Å²) in [4.78, 5) is 20.9. The lowest BCUT2D eigenvalue weighted by molar-refractivity contribution is -0.385. The molecule has 2 N–H and O–H groups in total. The van der Waals surface area contributed by atoms with Crippen molar-refractivity contribution in [3.8, 4) is 0 Å². The molecule has 0 spiro atoms. The zero-order chi connectivity index (χ0) is 17.3. The molecule has 0 heterocycles. The summed E-state index contributed by atoms with van der Waals surface area (Å²) < 4.78 is 41.7. The summed E-state index contributed by atoms with van der Waals surface area (Å²) in [6.07, 6.45) is 0. The molecule has 0 unspecified atom stereocenters. The van der Waals surface area contributed by atoms with E-state index in [0.29, 0.717) is 3.57 Å². The molecule has 0 fully saturated rings. The molecule has 0 aliphatic rings. The van der Waals surface area contributed by atoms with Gasteiger partial charge < -0.3 is 10.4 Å². The van der Waals surface area contributed by atoms with Gasteiger partial charge in [0.2, 0.25) is 0 Å². The summed E-state index contributed by atoms with van der Waals surface area (Å²) in [5.74, 6) is -6.01. The number of hydrogen-bond donors (Lipinski definition) is 2. The topological polar surface area (TPSA) is 92.5 Å². The molecule has 2 rings (SSSR count). The van der Waals surface area contributed by atoms with Gasteiger partial charge in [-0.25, -0.2) is 18.0 Å². The van der Waals surface area contributed by atoms with E-state index in [4.69, 9.17) is 5.11 Å². The molecule has 0 atom stereocenters. The van der Waals surface area contributed by atoms with Crippen LogP contribution in [0.3, 0.4) is 0 Å². The number of anilines is 2. The van der Waals surface area contributed by atoms with Gasteiger partial charge in [-0.05, 0) is 40.8 Å². The summed E-state index contributed by atoms with van der Waals surface area (Å²) in [7, 11) is 0. The zero-order valence-corrected chi connectivity index (χ0v) is 13.1. The van der Waals surface area contributed by atoms with Gasteiger partial charge in [-0.2, -0.15) is 0 Å². The van der Waals surface area contributed by atoms with Crippen molar-refractivity contribution in [2.24, 2.45) is 0 Å². The highest BCUT2D eigenvalue weighted by atomic mass is 127. The second kappa shape index (κ2) is 6.40. The van der Waals surface area contributed by atoms with E-state index in [9.17, 15) is 28.1 Å². The Morgan fingerprint density at radius 2 is 1.87 bits per heavy atom. The maximum atomic E-state index is 13.9. The van der Waals surface area contributed by atoms with Crippen LogP contribution < -0.4 is 5.32 Å². The molecule has 0 bridgehead atoms. The van der Waals surface area contributed by atoms with Gasteiger partial charge >= 0.3 is 5.97 Å². The molecule has 2 aromatic rings. The highest BCUT2D eigenvalue weighted by Crippen LogP contribution is 2.34. The molecular weight excluding hydrogens is 432 g/mol. The maximum absolute atomic E-state index is 13.9.